The maximum Gasteiger partial charge on any atom is 0.329 e. The van der Waals surface area contributed by atoms with Crippen molar-refractivity contribution >= 4 is 52.1 Å². The van der Waals surface area contributed by atoms with Crippen molar-refractivity contribution in [1.29, 1.82) is 0 Å². The molecule has 1 aliphatic carbocycles. The van der Waals surface area contributed by atoms with E-state index < -0.39 is 69.8 Å². The smallest absolute Gasteiger partial charge is 0.329 e. The number of carbonyl (C=O) groups excluding carboxylic acids is 4. The van der Waals surface area contributed by atoms with Crippen LogP contribution >= 0.6 is 11.6 Å². The van der Waals surface area contributed by atoms with Gasteiger partial charge in [-0.25, -0.2) is 22.4 Å². The maximum atomic E-state index is 16.5. The molecule has 3 atom stereocenters. The highest BCUT2D eigenvalue weighted by Gasteiger charge is 2.51. The molecular weight excluding hydrogens is 1010 g/mol. The molecule has 5 heterocycles. The first-order valence-electron chi connectivity index (χ1n) is 26.2. The lowest BCUT2D eigenvalue weighted by Gasteiger charge is -2.50. The molecule has 4 aliphatic heterocycles. The van der Waals surface area contributed by atoms with E-state index in [2.05, 4.69) is 34.5 Å². The number of ether oxygens (including phenoxy) is 2. The summed E-state index contributed by atoms with van der Waals surface area (Å²) >= 11 is 6.73. The lowest BCUT2D eigenvalue weighted by atomic mass is 9.77. The average Bonchev–Trinajstić information content (AvgIpc) is 4.05. The predicted molar refractivity (Wildman–Crippen MR) is 277 cm³/mol. The SMILES string of the molecule is C[C@H]1c2c(cc(F)c(Cl)c2-c2c(C(N)=O)ccc(OCCO)c2F)O[C@]1(CNC1CCC(C(=O)N2CCC(N3CCC(c4c(F)cc5c(N6CCC(=O)NC6=O)nn(C)c5c4F)CC3)CC2(C)C)CC1)c1ccccc1. The van der Waals surface area contributed by atoms with Gasteiger partial charge in [-0.05, 0) is 108 Å². The Kier molecular flexibility index (Phi) is 14.6. The first kappa shape index (κ1) is 53.1. The number of hydrogen-bond acceptors (Lipinski definition) is 10. The number of primary amides is 1. The van der Waals surface area contributed by atoms with Crippen molar-refractivity contribution in [3.8, 4) is 22.6 Å². The van der Waals surface area contributed by atoms with Gasteiger partial charge in [0.05, 0.1) is 22.6 Å². The molecule has 4 fully saturated rings. The van der Waals surface area contributed by atoms with Crippen LogP contribution in [0.15, 0.2) is 54.6 Å². The third kappa shape index (κ3) is 9.44. The molecule has 5 amide bonds. The van der Waals surface area contributed by atoms with Crippen molar-refractivity contribution in [2.24, 2.45) is 18.7 Å². The third-order valence-electron chi connectivity index (χ3n) is 16.8. The zero-order valence-corrected chi connectivity index (χ0v) is 43.8. The van der Waals surface area contributed by atoms with E-state index in [0.29, 0.717) is 63.7 Å². The van der Waals surface area contributed by atoms with E-state index in [9.17, 15) is 24.3 Å². The van der Waals surface area contributed by atoms with Crippen molar-refractivity contribution < 1.29 is 51.3 Å². The number of rotatable bonds is 13. The van der Waals surface area contributed by atoms with Crippen LogP contribution in [0.4, 0.5) is 28.2 Å². The number of benzene rings is 4. The van der Waals surface area contributed by atoms with Gasteiger partial charge in [-0.3, -0.25) is 29.3 Å². The molecule has 0 spiro atoms. The second kappa shape index (κ2) is 20.9. The number of aryl methyl sites for hydroxylation is 1. The number of aliphatic hydroxyl groups is 1. The Morgan fingerprint density at radius 2 is 1.64 bits per heavy atom. The Balaban J connectivity index is 0.780. The summed E-state index contributed by atoms with van der Waals surface area (Å²) in [7, 11) is 1.55. The number of nitrogens with zero attached hydrogens (tertiary/aromatic N) is 5. The fourth-order valence-corrected chi connectivity index (χ4v) is 13.1. The molecule has 0 bridgehead atoms. The molecule has 5 N–H and O–H groups in total. The van der Waals surface area contributed by atoms with E-state index in [-0.39, 0.29) is 106 Å². The fraction of sp³-hybridized carbons (Fsp3) is 0.482. The first-order valence-corrected chi connectivity index (χ1v) is 26.6. The van der Waals surface area contributed by atoms with Crippen molar-refractivity contribution in [2.45, 2.75) is 114 Å². The molecule has 0 radical (unpaired) electrons. The second-order valence-corrected chi connectivity index (χ2v) is 22.0. The number of amides is 5. The van der Waals surface area contributed by atoms with E-state index in [1.807, 2.05) is 42.2 Å². The van der Waals surface area contributed by atoms with Crippen LogP contribution in [-0.2, 0) is 22.2 Å². The molecule has 5 aliphatic rings. The van der Waals surface area contributed by atoms with E-state index in [4.69, 9.17) is 26.8 Å². The van der Waals surface area contributed by atoms with Crippen LogP contribution in [-0.4, -0.2) is 112 Å². The number of nitrogens with one attached hydrogen (secondary N) is 2. The average molecular weight is 1070 g/mol. The highest BCUT2D eigenvalue weighted by molar-refractivity contribution is 6.34. The van der Waals surface area contributed by atoms with Crippen LogP contribution in [0, 0.1) is 29.2 Å². The molecule has 1 saturated carbocycles. The first-order chi connectivity index (χ1) is 36.3. The number of piperidine rings is 2. The molecular formula is C56H63ClF4N8O7. The van der Waals surface area contributed by atoms with Crippen molar-refractivity contribution in [2.75, 3.05) is 50.8 Å². The van der Waals surface area contributed by atoms with E-state index in [1.165, 1.54) is 33.8 Å². The summed E-state index contributed by atoms with van der Waals surface area (Å²) in [6.07, 6.45) is 5.42. The topological polar surface area (TPSA) is 185 Å². The highest BCUT2D eigenvalue weighted by atomic mass is 35.5. The summed E-state index contributed by atoms with van der Waals surface area (Å²) in [5.74, 6) is -5.66. The lowest BCUT2D eigenvalue weighted by molar-refractivity contribution is -0.146. The van der Waals surface area contributed by atoms with E-state index >= 15 is 17.6 Å². The van der Waals surface area contributed by atoms with Gasteiger partial charge in [0.25, 0.3) is 0 Å². The summed E-state index contributed by atoms with van der Waals surface area (Å²) in [4.78, 5) is 57.3. The van der Waals surface area contributed by atoms with Gasteiger partial charge in [0.1, 0.15) is 29.5 Å². The fourth-order valence-electron chi connectivity index (χ4n) is 12.9. The van der Waals surface area contributed by atoms with Crippen LogP contribution in [0.3, 0.4) is 0 Å². The predicted octanol–water partition coefficient (Wildman–Crippen LogP) is 8.56. The van der Waals surface area contributed by atoms with Crippen LogP contribution < -0.4 is 30.7 Å². The molecule has 76 heavy (non-hydrogen) atoms. The third-order valence-corrected chi connectivity index (χ3v) is 17.2. The van der Waals surface area contributed by atoms with Crippen molar-refractivity contribution in [3.63, 3.8) is 0 Å². The van der Waals surface area contributed by atoms with Gasteiger partial charge >= 0.3 is 6.03 Å². The quantitative estimate of drug-likeness (QED) is 0.0834. The number of urea groups is 1. The molecule has 5 aromatic rings. The molecule has 20 heteroatoms. The van der Waals surface area contributed by atoms with Crippen LogP contribution in [0.25, 0.3) is 22.0 Å². The van der Waals surface area contributed by atoms with Gasteiger partial charge in [0.2, 0.25) is 17.7 Å². The maximum absolute atomic E-state index is 16.5. The number of fused-ring (bicyclic) bond motifs is 2. The highest BCUT2D eigenvalue weighted by Crippen LogP contribution is 2.57. The molecule has 404 valence electrons. The number of aromatic nitrogens is 2. The zero-order valence-electron chi connectivity index (χ0n) is 43.0. The summed E-state index contributed by atoms with van der Waals surface area (Å²) < 4.78 is 78.4. The lowest BCUT2D eigenvalue weighted by Crippen LogP contribution is -2.59. The number of anilines is 1. The molecule has 1 unspecified atom stereocenters. The Labute approximate surface area is 443 Å². The van der Waals surface area contributed by atoms with Gasteiger partial charge in [0, 0.05) is 90.9 Å². The number of hydrogen-bond donors (Lipinski definition) is 4. The van der Waals surface area contributed by atoms with Crippen molar-refractivity contribution in [1.82, 2.24) is 30.2 Å². The minimum absolute atomic E-state index is 0.00573. The summed E-state index contributed by atoms with van der Waals surface area (Å²) in [6, 6.07) is 13.9. The molecule has 3 saturated heterocycles. The Morgan fingerprint density at radius 3 is 2.32 bits per heavy atom. The molecule has 1 aromatic heterocycles. The van der Waals surface area contributed by atoms with Crippen LogP contribution in [0.5, 0.6) is 11.5 Å². The molecule has 15 nitrogen and oxygen atoms in total. The van der Waals surface area contributed by atoms with Crippen LogP contribution in [0.2, 0.25) is 5.02 Å². The summed E-state index contributed by atoms with van der Waals surface area (Å²) in [5, 5.41) is 19.5. The summed E-state index contributed by atoms with van der Waals surface area (Å²) in [6.45, 7) is 7.67. The van der Waals surface area contributed by atoms with E-state index in [0.717, 1.165) is 18.4 Å². The standard InChI is InChI=1S/C56H63ClF4N8O7/c1-30-43-41(27-39(59)47(57)46(43)45-36(51(62)72)14-15-40(48(45)60)75-25-24-70)76-56(30,33-8-6-5-7-9-33)29-63-34-12-10-32(11-13-34)53(73)69-23-18-35(28-55(69,2)3)67-20-16-31(17-21-67)44-38(58)26-37-50(49(44)61)66(4)65-52(37)68-22-19-42(71)64-54(68)74/h5-9,14-15,26-27,30-32,34-35,63,70H,10-13,16-25,28-29H2,1-4H3,(H2,62,72)(H,64,71,74)/t30-,32?,34?,35?,56-/m0/s1. The zero-order chi connectivity index (χ0) is 54.0. The largest absolute Gasteiger partial charge is 0.488 e. The number of halogens is 5. The Hall–Kier alpha value is -6.28. The Morgan fingerprint density at radius 1 is 0.921 bits per heavy atom. The molecule has 10 rings (SSSR count). The minimum atomic E-state index is -1.15. The van der Waals surface area contributed by atoms with E-state index in [1.54, 1.807) is 7.05 Å². The van der Waals surface area contributed by atoms with Gasteiger partial charge in [-0.1, -0.05) is 48.9 Å². The normalized spacial score (nSPS) is 24.1. The number of imide groups is 1. The monoisotopic (exact) mass is 1070 g/mol. The second-order valence-electron chi connectivity index (χ2n) is 21.6. The van der Waals surface area contributed by atoms with Gasteiger partial charge in [-0.2, -0.15) is 5.10 Å². The number of nitrogens with two attached hydrogens (primary N) is 1. The van der Waals surface area contributed by atoms with Crippen LogP contribution in [0.1, 0.15) is 117 Å². The van der Waals surface area contributed by atoms with Gasteiger partial charge < -0.3 is 35.4 Å². The number of aliphatic hydroxyl groups excluding tert-OH is 1. The van der Waals surface area contributed by atoms with Gasteiger partial charge in [0.15, 0.2) is 28.8 Å². The number of carbonyl (C=O) groups is 4. The summed E-state index contributed by atoms with van der Waals surface area (Å²) in [5.41, 5.74) is 4.82. The Bertz CT molecular complexity index is 3110. The van der Waals surface area contributed by atoms with Crippen molar-refractivity contribution in [3.05, 3.63) is 105 Å². The number of likely N-dealkylation sites (tertiary alicyclic amines) is 2. The van der Waals surface area contributed by atoms with Gasteiger partial charge in [-0.15, -0.1) is 0 Å². The minimum Gasteiger partial charge on any atom is -0.488 e. The molecule has 4 aromatic carbocycles.